The molecule has 10 nitrogen and oxygen atoms in total. The lowest BCUT2D eigenvalue weighted by atomic mass is 9.65. The number of hydrogen-bond acceptors (Lipinski definition) is 8. The van der Waals surface area contributed by atoms with Gasteiger partial charge in [-0.2, -0.15) is 0 Å². The van der Waals surface area contributed by atoms with E-state index >= 15 is 4.79 Å². The lowest BCUT2D eigenvalue weighted by Crippen LogP contribution is -2.43. The highest BCUT2D eigenvalue weighted by molar-refractivity contribution is 6.05. The van der Waals surface area contributed by atoms with E-state index in [4.69, 9.17) is 4.74 Å². The number of carbonyl (C=O) groups is 2. The highest BCUT2D eigenvalue weighted by Gasteiger charge is 2.47. The molecular formula is C53H57N3O7. The molecule has 3 heterocycles. The molecule has 5 aliphatic rings. The van der Waals surface area contributed by atoms with Gasteiger partial charge in [-0.25, -0.2) is 0 Å². The molecular weight excluding hydrogens is 791 g/mol. The zero-order chi connectivity index (χ0) is 43.2. The van der Waals surface area contributed by atoms with Crippen molar-refractivity contribution in [1.82, 2.24) is 9.97 Å². The number of H-pyrrole nitrogens is 2. The van der Waals surface area contributed by atoms with Crippen LogP contribution in [0, 0.1) is 11.8 Å². The minimum absolute atomic E-state index is 0.0145. The third-order valence-electron chi connectivity index (χ3n) is 14.7. The molecule has 1 saturated carbocycles. The van der Waals surface area contributed by atoms with Crippen LogP contribution in [0.25, 0.3) is 12.2 Å². The van der Waals surface area contributed by atoms with Gasteiger partial charge in [0.05, 0.1) is 17.6 Å². The van der Waals surface area contributed by atoms with Crippen molar-refractivity contribution < 1.29 is 34.8 Å². The van der Waals surface area contributed by atoms with Crippen LogP contribution in [0.1, 0.15) is 126 Å². The highest BCUT2D eigenvalue weighted by atomic mass is 16.5. The van der Waals surface area contributed by atoms with E-state index in [0.717, 1.165) is 88.1 Å². The molecule has 3 aromatic carbocycles. The molecule has 2 aromatic heterocycles. The van der Waals surface area contributed by atoms with Crippen LogP contribution in [0.2, 0.25) is 0 Å². The van der Waals surface area contributed by atoms with Gasteiger partial charge in [-0.05, 0) is 134 Å². The van der Waals surface area contributed by atoms with E-state index in [0.29, 0.717) is 43.4 Å². The lowest BCUT2D eigenvalue weighted by Gasteiger charge is -2.40. The second-order valence-electron chi connectivity index (χ2n) is 18.7. The number of benzene rings is 3. The summed E-state index contributed by atoms with van der Waals surface area (Å²) in [7, 11) is 0. The number of fused-ring (bicyclic) bond motifs is 14. The maximum absolute atomic E-state index is 15.7. The molecule has 0 saturated heterocycles. The number of carbonyl (C=O) groups excluding carboxylic acids is 2. The number of phenols is 2. The van der Waals surface area contributed by atoms with E-state index in [9.17, 15) is 25.2 Å². The van der Waals surface area contributed by atoms with Gasteiger partial charge in [0.15, 0.2) is 17.3 Å². The SMILES string of the molecule is O=C1CCc2cc(c(O)c(OC3CCCC3)c2)Cc2cccc(c2)C2CCC(Nc3[nH]ccc32)C2=Cc3[nH]ccc3C(CC3(O)C=Cc4c(O)cccc4CC3)C2C(=O)C1CCO. The summed E-state index contributed by atoms with van der Waals surface area (Å²) in [4.78, 5) is 37.3. The number of ketones is 2. The number of aromatic nitrogens is 2. The zero-order valence-electron chi connectivity index (χ0n) is 35.6. The average molecular weight is 848 g/mol. The minimum Gasteiger partial charge on any atom is -0.507 e. The molecule has 6 atom stereocenters. The van der Waals surface area contributed by atoms with Crippen molar-refractivity contribution >= 4 is 29.5 Å². The van der Waals surface area contributed by atoms with E-state index in [2.05, 4.69) is 51.7 Å². The van der Waals surface area contributed by atoms with Gasteiger partial charge in [-0.3, -0.25) is 9.59 Å². The molecule has 0 radical (unpaired) electrons. The smallest absolute Gasteiger partial charge is 0.161 e. The molecule has 1 aliphatic heterocycles. The Bertz CT molecular complexity index is 2600. The number of anilines is 1. The van der Waals surface area contributed by atoms with E-state index in [1.807, 2.05) is 42.7 Å². The molecule has 0 spiro atoms. The molecule has 63 heavy (non-hydrogen) atoms. The Balaban J connectivity index is 1.09. The predicted molar refractivity (Wildman–Crippen MR) is 243 cm³/mol. The van der Waals surface area contributed by atoms with Gasteiger partial charge in [-0.1, -0.05) is 54.6 Å². The summed E-state index contributed by atoms with van der Waals surface area (Å²) in [6, 6.07) is 21.7. The molecule has 7 N–H and O–H groups in total. The second-order valence-corrected chi connectivity index (χ2v) is 18.7. The van der Waals surface area contributed by atoms with Gasteiger partial charge in [0.25, 0.3) is 0 Å². The number of Topliss-reactive ketones (excluding diaryl/α,β-unsaturated/α-hetero) is 2. The predicted octanol–water partition coefficient (Wildman–Crippen LogP) is 9.03. The molecule has 326 valence electrons. The van der Waals surface area contributed by atoms with Crippen LogP contribution in [0.4, 0.5) is 5.82 Å². The third kappa shape index (κ3) is 8.04. The fourth-order valence-corrected chi connectivity index (χ4v) is 11.5. The number of hydrogen-bond donors (Lipinski definition) is 7. The second kappa shape index (κ2) is 17.0. The summed E-state index contributed by atoms with van der Waals surface area (Å²) >= 11 is 0. The Morgan fingerprint density at radius 1 is 0.825 bits per heavy atom. The quantitative estimate of drug-likeness (QED) is 0.0832. The van der Waals surface area contributed by atoms with Crippen molar-refractivity contribution in [3.05, 3.63) is 141 Å². The highest BCUT2D eigenvalue weighted by Crippen LogP contribution is 2.50. The van der Waals surface area contributed by atoms with Crippen molar-refractivity contribution in [2.24, 2.45) is 11.8 Å². The van der Waals surface area contributed by atoms with E-state index in [-0.39, 0.29) is 67.0 Å². The van der Waals surface area contributed by atoms with E-state index < -0.39 is 23.4 Å². The van der Waals surface area contributed by atoms with E-state index in [1.54, 1.807) is 18.2 Å². The molecule has 10 heteroatoms. The molecule has 1 fully saturated rings. The fraction of sp³-hybridized carbons (Fsp3) is 0.396. The first-order chi connectivity index (χ1) is 30.6. The van der Waals surface area contributed by atoms with Crippen LogP contribution in [-0.2, 0) is 28.9 Å². The Hall–Kier alpha value is -5.84. The summed E-state index contributed by atoms with van der Waals surface area (Å²) in [6.07, 6.45) is 16.9. The Kier molecular flexibility index (Phi) is 11.1. The van der Waals surface area contributed by atoms with Crippen molar-refractivity contribution in [3.63, 3.8) is 0 Å². The molecule has 6 unspecified atom stereocenters. The normalized spacial score (nSPS) is 25.9. The summed E-state index contributed by atoms with van der Waals surface area (Å²) in [5.41, 5.74) is 7.81. The monoisotopic (exact) mass is 847 g/mol. The maximum Gasteiger partial charge on any atom is 0.161 e. The number of aromatic hydroxyl groups is 2. The Morgan fingerprint density at radius 3 is 2.51 bits per heavy atom. The van der Waals surface area contributed by atoms with Crippen LogP contribution >= 0.6 is 0 Å². The van der Waals surface area contributed by atoms with Gasteiger partial charge in [-0.15, -0.1) is 0 Å². The number of rotatable bonds is 6. The minimum atomic E-state index is -1.34. The third-order valence-corrected chi connectivity index (χ3v) is 14.7. The number of aliphatic hydroxyl groups excluding tert-OH is 1. The Morgan fingerprint density at radius 2 is 1.65 bits per heavy atom. The number of aryl methyl sites for hydroxylation is 2. The maximum atomic E-state index is 15.7. The van der Waals surface area contributed by atoms with Crippen LogP contribution < -0.4 is 10.1 Å². The van der Waals surface area contributed by atoms with Crippen molar-refractivity contribution in [2.75, 3.05) is 11.9 Å². The van der Waals surface area contributed by atoms with E-state index in [1.165, 1.54) is 0 Å². The topological polar surface area (TPSA) is 168 Å². The summed E-state index contributed by atoms with van der Waals surface area (Å²) in [5.74, 6) is -1.29. The lowest BCUT2D eigenvalue weighted by molar-refractivity contribution is -0.136. The van der Waals surface area contributed by atoms with Crippen LogP contribution in [0.15, 0.2) is 90.8 Å². The largest absolute Gasteiger partial charge is 0.507 e. The molecule has 5 aromatic rings. The van der Waals surface area contributed by atoms with Gasteiger partial charge in [0, 0.05) is 78.0 Å². The first-order valence-electron chi connectivity index (χ1n) is 23.0. The van der Waals surface area contributed by atoms with Gasteiger partial charge in [0.1, 0.15) is 17.4 Å². The number of nitrogens with one attached hydrogen (secondary N) is 3. The standard InChI is InChI=1S/C53H57N3O7/c57-24-19-41-47(59)14-11-32-27-35(50(60)48(28-32)63-36-8-1-2-9-36)26-31-5-3-7-34(25-31)37-12-13-44(56-52-40(37)18-23-55-52)42-29-45-39(17-22-54-45)43(49(42)51(41)61)30-53(62)20-15-33-6-4-10-46(58)38(33)16-21-53/h3-7,10,16-18,21-23,25,27-29,36-37,41,43-44,49,54-58,60,62H,1-2,8-9,11-15,19-20,24,26,30H2. The Labute approximate surface area is 368 Å². The molecule has 10 rings (SSSR count). The summed E-state index contributed by atoms with van der Waals surface area (Å²) < 4.78 is 6.46. The molecule has 4 aliphatic carbocycles. The van der Waals surface area contributed by atoms with Gasteiger partial charge >= 0.3 is 0 Å². The molecule has 6 bridgehead atoms. The number of ether oxygens (including phenoxy) is 1. The van der Waals surface area contributed by atoms with Crippen molar-refractivity contribution in [2.45, 2.75) is 113 Å². The van der Waals surface area contributed by atoms with Crippen molar-refractivity contribution in [3.8, 4) is 17.2 Å². The first-order valence-corrected chi connectivity index (χ1v) is 23.0. The fourth-order valence-electron chi connectivity index (χ4n) is 11.5. The van der Waals surface area contributed by atoms with Gasteiger partial charge in [0.2, 0.25) is 0 Å². The zero-order valence-corrected chi connectivity index (χ0v) is 35.6. The average Bonchev–Trinajstić information content (AvgIpc) is 4.04. The summed E-state index contributed by atoms with van der Waals surface area (Å²) in [5, 5.41) is 49.4. The van der Waals surface area contributed by atoms with Crippen LogP contribution in [0.5, 0.6) is 17.2 Å². The van der Waals surface area contributed by atoms with Gasteiger partial charge < -0.3 is 40.4 Å². The van der Waals surface area contributed by atoms with Crippen LogP contribution in [-0.4, -0.2) is 66.3 Å². The molecule has 0 amide bonds. The number of aliphatic hydroxyl groups is 2. The first kappa shape index (κ1) is 41.2. The number of aromatic amines is 2. The van der Waals surface area contributed by atoms with Crippen molar-refractivity contribution in [1.29, 1.82) is 0 Å². The number of phenolic OH excluding ortho intramolecular Hbond substituents is 2. The van der Waals surface area contributed by atoms with Crippen LogP contribution in [0.3, 0.4) is 0 Å². The summed E-state index contributed by atoms with van der Waals surface area (Å²) in [6.45, 7) is -0.335.